The van der Waals surface area contributed by atoms with Crippen LogP contribution in [0, 0.1) is 0 Å². The van der Waals surface area contributed by atoms with Crippen molar-refractivity contribution in [2.45, 2.75) is 45.1 Å². The van der Waals surface area contributed by atoms with Crippen LogP contribution < -0.4 is 0 Å². The summed E-state index contributed by atoms with van der Waals surface area (Å²) in [4.78, 5) is 28.7. The zero-order chi connectivity index (χ0) is 22.8. The van der Waals surface area contributed by atoms with Crippen LogP contribution in [0.15, 0.2) is 60.7 Å². The van der Waals surface area contributed by atoms with Gasteiger partial charge in [0.1, 0.15) is 6.61 Å². The Hall–Kier alpha value is -2.90. The number of aliphatic hydroxyl groups is 1. The molecule has 32 heavy (non-hydrogen) atoms. The molecule has 2 aromatic rings. The fourth-order valence-electron chi connectivity index (χ4n) is 3.82. The maximum Gasteiger partial charge on any atom is 0.410 e. The highest BCUT2D eigenvalue weighted by molar-refractivity contribution is 5.78. The second kappa shape index (κ2) is 12.2. The van der Waals surface area contributed by atoms with Crippen molar-refractivity contribution in [1.82, 2.24) is 9.80 Å². The van der Waals surface area contributed by atoms with Gasteiger partial charge in [0.15, 0.2) is 0 Å². The van der Waals surface area contributed by atoms with Crippen molar-refractivity contribution in [1.29, 1.82) is 0 Å². The summed E-state index contributed by atoms with van der Waals surface area (Å²) in [5.74, 6) is -0.0719. The van der Waals surface area contributed by atoms with E-state index in [1.54, 1.807) is 9.80 Å². The lowest BCUT2D eigenvalue weighted by Crippen LogP contribution is -2.48. The predicted octanol–water partition coefficient (Wildman–Crippen LogP) is 3.21. The average molecular weight is 441 g/mol. The number of carbonyl (C=O) groups excluding carboxylic acids is 2. The van der Waals surface area contributed by atoms with Crippen LogP contribution in [0.2, 0.25) is 0 Å². The number of rotatable bonds is 9. The first-order valence-electron chi connectivity index (χ1n) is 11.1. The Kier molecular flexibility index (Phi) is 9.07. The number of amides is 2. The second-order valence-corrected chi connectivity index (χ2v) is 8.04. The molecule has 0 bridgehead atoms. The molecule has 1 unspecified atom stereocenters. The van der Waals surface area contributed by atoms with Crippen molar-refractivity contribution in [3.63, 3.8) is 0 Å². The lowest BCUT2D eigenvalue weighted by molar-refractivity contribution is -0.134. The summed E-state index contributed by atoms with van der Waals surface area (Å²) in [7, 11) is 0. The first kappa shape index (κ1) is 23.8. The summed E-state index contributed by atoms with van der Waals surface area (Å²) >= 11 is 0. The Balaban J connectivity index is 1.50. The zero-order valence-electron chi connectivity index (χ0n) is 18.6. The van der Waals surface area contributed by atoms with Crippen LogP contribution in [-0.4, -0.2) is 65.3 Å². The van der Waals surface area contributed by atoms with E-state index in [0.717, 1.165) is 11.1 Å². The molecule has 2 atom stereocenters. The first-order valence-corrected chi connectivity index (χ1v) is 11.1. The van der Waals surface area contributed by atoms with Gasteiger partial charge in [-0.15, -0.1) is 0 Å². The standard InChI is InChI=1S/C25H32N2O5/c1-20-16-27(23(17-28)13-15-31-18-21-8-4-2-5-9-21)24(29)12-14-26(20)25(30)32-19-22-10-6-3-7-11-22/h2-11,20,23,28H,12-19H2,1H3/t20?,23-/m0/s1. The molecule has 2 aromatic carbocycles. The molecule has 1 fully saturated rings. The number of ether oxygens (including phenoxy) is 2. The molecule has 2 amide bonds. The van der Waals surface area contributed by atoms with E-state index >= 15 is 0 Å². The van der Waals surface area contributed by atoms with Crippen LogP contribution in [0.3, 0.4) is 0 Å². The van der Waals surface area contributed by atoms with Crippen molar-refractivity contribution in [2.75, 3.05) is 26.3 Å². The Morgan fingerprint density at radius 2 is 1.69 bits per heavy atom. The molecule has 7 nitrogen and oxygen atoms in total. The Morgan fingerprint density at radius 1 is 1.06 bits per heavy atom. The lowest BCUT2D eigenvalue weighted by Gasteiger charge is -2.32. The molecule has 172 valence electrons. The Bertz CT molecular complexity index is 846. The number of hydrogen-bond donors (Lipinski definition) is 1. The van der Waals surface area contributed by atoms with Crippen molar-refractivity contribution in [3.8, 4) is 0 Å². The predicted molar refractivity (Wildman–Crippen MR) is 121 cm³/mol. The van der Waals surface area contributed by atoms with Gasteiger partial charge >= 0.3 is 6.09 Å². The lowest BCUT2D eigenvalue weighted by atomic mass is 10.1. The SMILES string of the molecule is CC1CN([C@H](CO)CCOCc2ccccc2)C(=O)CCN1C(=O)OCc1ccccc1. The van der Waals surface area contributed by atoms with Crippen molar-refractivity contribution < 1.29 is 24.2 Å². The summed E-state index contributed by atoms with van der Waals surface area (Å²) in [6.07, 6.45) is 0.301. The van der Waals surface area contributed by atoms with Gasteiger partial charge in [-0.1, -0.05) is 60.7 Å². The normalized spacial score (nSPS) is 17.7. The minimum Gasteiger partial charge on any atom is -0.445 e. The van der Waals surface area contributed by atoms with Crippen molar-refractivity contribution >= 4 is 12.0 Å². The minimum atomic E-state index is -0.428. The smallest absolute Gasteiger partial charge is 0.410 e. The van der Waals surface area contributed by atoms with Crippen LogP contribution in [0.25, 0.3) is 0 Å². The fraction of sp³-hybridized carbons (Fsp3) is 0.440. The van der Waals surface area contributed by atoms with E-state index < -0.39 is 6.09 Å². The van der Waals surface area contributed by atoms with Crippen LogP contribution in [-0.2, 0) is 27.5 Å². The highest BCUT2D eigenvalue weighted by Crippen LogP contribution is 2.17. The Labute approximate surface area is 189 Å². The number of carbonyl (C=O) groups is 2. The monoisotopic (exact) mass is 440 g/mol. The molecule has 0 aromatic heterocycles. The summed E-state index contributed by atoms with van der Waals surface area (Å²) < 4.78 is 11.2. The van der Waals surface area contributed by atoms with Crippen LogP contribution in [0.1, 0.15) is 30.9 Å². The maximum atomic E-state index is 12.8. The van der Waals surface area contributed by atoms with Crippen LogP contribution >= 0.6 is 0 Å². The minimum absolute atomic E-state index is 0.0719. The summed E-state index contributed by atoms with van der Waals surface area (Å²) in [6.45, 7) is 3.52. The molecule has 1 N–H and O–H groups in total. The molecule has 1 aliphatic rings. The van der Waals surface area contributed by atoms with E-state index in [4.69, 9.17) is 9.47 Å². The van der Waals surface area contributed by atoms with Gasteiger partial charge in [0.2, 0.25) is 5.91 Å². The highest BCUT2D eigenvalue weighted by atomic mass is 16.6. The average Bonchev–Trinajstić information content (AvgIpc) is 2.97. The zero-order valence-corrected chi connectivity index (χ0v) is 18.6. The van der Waals surface area contributed by atoms with Gasteiger partial charge in [-0.3, -0.25) is 4.79 Å². The largest absolute Gasteiger partial charge is 0.445 e. The van der Waals surface area contributed by atoms with Gasteiger partial charge in [-0.25, -0.2) is 4.79 Å². The molecule has 0 aliphatic carbocycles. The molecular weight excluding hydrogens is 408 g/mol. The molecule has 0 saturated carbocycles. The van der Waals surface area contributed by atoms with E-state index in [2.05, 4.69) is 0 Å². The van der Waals surface area contributed by atoms with Crippen LogP contribution in [0.4, 0.5) is 4.79 Å². The number of nitrogens with zero attached hydrogens (tertiary/aromatic N) is 2. The van der Waals surface area contributed by atoms with E-state index in [0.29, 0.717) is 32.7 Å². The third kappa shape index (κ3) is 6.80. The van der Waals surface area contributed by atoms with Crippen LogP contribution in [0.5, 0.6) is 0 Å². The second-order valence-electron chi connectivity index (χ2n) is 8.04. The fourth-order valence-corrected chi connectivity index (χ4v) is 3.82. The molecule has 1 heterocycles. The van der Waals surface area contributed by atoms with E-state index in [1.807, 2.05) is 67.6 Å². The molecule has 0 radical (unpaired) electrons. The summed E-state index contributed by atoms with van der Waals surface area (Å²) in [6, 6.07) is 18.8. The molecule has 1 aliphatic heterocycles. The highest BCUT2D eigenvalue weighted by Gasteiger charge is 2.33. The quantitative estimate of drug-likeness (QED) is 0.606. The topological polar surface area (TPSA) is 79.3 Å². The summed E-state index contributed by atoms with van der Waals surface area (Å²) in [5, 5.41) is 9.92. The van der Waals surface area contributed by atoms with Gasteiger partial charge in [0.25, 0.3) is 0 Å². The third-order valence-corrected chi connectivity index (χ3v) is 5.68. The maximum absolute atomic E-state index is 12.8. The van der Waals surface area contributed by atoms with Crippen molar-refractivity contribution in [3.05, 3.63) is 71.8 Å². The van der Waals surface area contributed by atoms with E-state index in [-0.39, 0.29) is 37.6 Å². The number of hydrogen-bond acceptors (Lipinski definition) is 5. The first-order chi connectivity index (χ1) is 15.6. The molecule has 7 heteroatoms. The van der Waals surface area contributed by atoms with Crippen molar-refractivity contribution in [2.24, 2.45) is 0 Å². The molecule has 3 rings (SSSR count). The van der Waals surface area contributed by atoms with E-state index in [9.17, 15) is 14.7 Å². The molecular formula is C25H32N2O5. The number of benzene rings is 2. The van der Waals surface area contributed by atoms with Gasteiger partial charge in [0.05, 0.1) is 19.3 Å². The molecule has 1 saturated heterocycles. The molecule has 0 spiro atoms. The Morgan fingerprint density at radius 3 is 2.31 bits per heavy atom. The van der Waals surface area contributed by atoms with Gasteiger partial charge in [0, 0.05) is 32.2 Å². The van der Waals surface area contributed by atoms with Gasteiger partial charge in [-0.05, 0) is 24.5 Å². The number of aliphatic hydroxyl groups excluding tert-OH is 1. The summed E-state index contributed by atoms with van der Waals surface area (Å²) in [5.41, 5.74) is 1.99. The van der Waals surface area contributed by atoms with Gasteiger partial charge in [-0.2, -0.15) is 0 Å². The van der Waals surface area contributed by atoms with E-state index in [1.165, 1.54) is 0 Å². The third-order valence-electron chi connectivity index (χ3n) is 5.68. The van der Waals surface area contributed by atoms with Gasteiger partial charge < -0.3 is 24.4 Å².